The zero-order valence-corrected chi connectivity index (χ0v) is 10.2. The molecule has 1 amide bonds. The lowest BCUT2D eigenvalue weighted by molar-refractivity contribution is 0.0950. The minimum absolute atomic E-state index is 0.156. The molecule has 0 spiro atoms. The highest BCUT2D eigenvalue weighted by Gasteiger charge is 2.10. The van der Waals surface area contributed by atoms with Gasteiger partial charge in [-0.1, -0.05) is 0 Å². The standard InChI is InChI=1S/C12H14N4O2/c1-8-10(7-15-16-8)12(17)14-6-9-3-4-13-11(5-9)18-2/h3-5,7H,6H2,1-2H3,(H,14,17)(H,15,16). The third-order valence-electron chi connectivity index (χ3n) is 2.54. The Morgan fingerprint density at radius 1 is 1.56 bits per heavy atom. The number of amides is 1. The summed E-state index contributed by atoms with van der Waals surface area (Å²) in [7, 11) is 1.56. The molecule has 0 bridgehead atoms. The summed E-state index contributed by atoms with van der Waals surface area (Å²) < 4.78 is 5.01. The molecule has 6 heteroatoms. The van der Waals surface area contributed by atoms with Gasteiger partial charge in [-0.25, -0.2) is 4.98 Å². The van der Waals surface area contributed by atoms with E-state index in [0.717, 1.165) is 11.3 Å². The maximum absolute atomic E-state index is 11.8. The summed E-state index contributed by atoms with van der Waals surface area (Å²) in [5.74, 6) is 0.373. The quantitative estimate of drug-likeness (QED) is 0.845. The van der Waals surface area contributed by atoms with E-state index in [1.54, 1.807) is 26.3 Å². The van der Waals surface area contributed by atoms with Gasteiger partial charge in [-0.05, 0) is 18.6 Å². The van der Waals surface area contributed by atoms with Crippen molar-refractivity contribution in [3.05, 3.63) is 41.3 Å². The molecule has 0 fully saturated rings. The first kappa shape index (κ1) is 12.1. The van der Waals surface area contributed by atoms with Crippen molar-refractivity contribution in [2.75, 3.05) is 7.11 Å². The van der Waals surface area contributed by atoms with E-state index in [9.17, 15) is 4.79 Å². The van der Waals surface area contributed by atoms with Crippen LogP contribution >= 0.6 is 0 Å². The van der Waals surface area contributed by atoms with E-state index in [-0.39, 0.29) is 5.91 Å². The molecular weight excluding hydrogens is 232 g/mol. The number of carbonyl (C=O) groups excluding carboxylic acids is 1. The first-order valence-electron chi connectivity index (χ1n) is 5.48. The second kappa shape index (κ2) is 5.31. The van der Waals surface area contributed by atoms with Crippen LogP contribution in [0.25, 0.3) is 0 Å². The van der Waals surface area contributed by atoms with E-state index in [1.807, 2.05) is 6.07 Å². The van der Waals surface area contributed by atoms with Crippen molar-refractivity contribution in [2.24, 2.45) is 0 Å². The van der Waals surface area contributed by atoms with Gasteiger partial charge in [0.1, 0.15) is 0 Å². The number of aryl methyl sites for hydroxylation is 1. The van der Waals surface area contributed by atoms with Crippen LogP contribution in [-0.4, -0.2) is 28.2 Å². The van der Waals surface area contributed by atoms with Gasteiger partial charge in [-0.2, -0.15) is 5.10 Å². The van der Waals surface area contributed by atoms with Crippen molar-refractivity contribution >= 4 is 5.91 Å². The minimum atomic E-state index is -0.156. The van der Waals surface area contributed by atoms with Gasteiger partial charge in [0.15, 0.2) is 0 Å². The number of aromatic amines is 1. The fraction of sp³-hybridized carbons (Fsp3) is 0.250. The van der Waals surface area contributed by atoms with Crippen molar-refractivity contribution in [2.45, 2.75) is 13.5 Å². The fourth-order valence-corrected chi connectivity index (χ4v) is 1.53. The maximum atomic E-state index is 11.8. The minimum Gasteiger partial charge on any atom is -0.481 e. The van der Waals surface area contributed by atoms with E-state index in [4.69, 9.17) is 4.74 Å². The summed E-state index contributed by atoms with van der Waals surface area (Å²) in [5.41, 5.74) is 2.23. The molecule has 94 valence electrons. The number of hydrogen-bond acceptors (Lipinski definition) is 4. The highest BCUT2D eigenvalue weighted by atomic mass is 16.5. The topological polar surface area (TPSA) is 79.9 Å². The van der Waals surface area contributed by atoms with Crippen LogP contribution in [0.2, 0.25) is 0 Å². The van der Waals surface area contributed by atoms with E-state index in [2.05, 4.69) is 20.5 Å². The van der Waals surface area contributed by atoms with Gasteiger partial charge in [0.25, 0.3) is 5.91 Å². The highest BCUT2D eigenvalue weighted by Crippen LogP contribution is 2.09. The molecule has 2 N–H and O–H groups in total. The van der Waals surface area contributed by atoms with E-state index in [0.29, 0.717) is 18.0 Å². The van der Waals surface area contributed by atoms with E-state index >= 15 is 0 Å². The molecule has 6 nitrogen and oxygen atoms in total. The number of rotatable bonds is 4. The number of nitrogens with one attached hydrogen (secondary N) is 2. The zero-order chi connectivity index (χ0) is 13.0. The summed E-state index contributed by atoms with van der Waals surface area (Å²) in [6.07, 6.45) is 3.15. The molecule has 0 radical (unpaired) electrons. The SMILES string of the molecule is COc1cc(CNC(=O)c2cn[nH]c2C)ccn1. The third kappa shape index (κ3) is 2.65. The molecule has 0 aromatic carbocycles. The Bertz CT molecular complexity index is 551. The molecule has 0 atom stereocenters. The van der Waals surface area contributed by atoms with Crippen molar-refractivity contribution in [1.82, 2.24) is 20.5 Å². The Hall–Kier alpha value is -2.37. The zero-order valence-electron chi connectivity index (χ0n) is 10.2. The number of aromatic nitrogens is 3. The van der Waals surface area contributed by atoms with Crippen LogP contribution in [0.1, 0.15) is 21.6 Å². The molecule has 18 heavy (non-hydrogen) atoms. The Labute approximate surface area is 104 Å². The van der Waals surface area contributed by atoms with Crippen LogP contribution in [0.3, 0.4) is 0 Å². The largest absolute Gasteiger partial charge is 0.481 e. The average Bonchev–Trinajstić information content (AvgIpc) is 2.82. The highest BCUT2D eigenvalue weighted by molar-refractivity contribution is 5.94. The Balaban J connectivity index is 1.99. The number of methoxy groups -OCH3 is 1. The lowest BCUT2D eigenvalue weighted by atomic mass is 10.2. The summed E-state index contributed by atoms with van der Waals surface area (Å²) in [4.78, 5) is 15.8. The van der Waals surface area contributed by atoms with Crippen molar-refractivity contribution in [1.29, 1.82) is 0 Å². The van der Waals surface area contributed by atoms with Gasteiger partial charge < -0.3 is 10.1 Å². The number of hydrogen-bond donors (Lipinski definition) is 2. The van der Waals surface area contributed by atoms with Crippen LogP contribution in [0.15, 0.2) is 24.5 Å². The van der Waals surface area contributed by atoms with E-state index < -0.39 is 0 Å². The van der Waals surface area contributed by atoms with Gasteiger partial charge in [0, 0.05) is 24.5 Å². The smallest absolute Gasteiger partial charge is 0.255 e. The number of carbonyl (C=O) groups is 1. The first-order chi connectivity index (χ1) is 8.70. The average molecular weight is 246 g/mol. The molecule has 0 aliphatic carbocycles. The van der Waals surface area contributed by atoms with Crippen molar-refractivity contribution in [3.8, 4) is 5.88 Å². The molecule has 2 aromatic heterocycles. The summed E-state index contributed by atoms with van der Waals surface area (Å²) in [6.45, 7) is 2.22. The van der Waals surface area contributed by atoms with Crippen molar-refractivity contribution < 1.29 is 9.53 Å². The van der Waals surface area contributed by atoms with Gasteiger partial charge in [-0.15, -0.1) is 0 Å². The fourth-order valence-electron chi connectivity index (χ4n) is 1.53. The maximum Gasteiger partial charge on any atom is 0.255 e. The number of ether oxygens (including phenoxy) is 1. The predicted molar refractivity (Wildman–Crippen MR) is 65.3 cm³/mol. The van der Waals surface area contributed by atoms with Gasteiger partial charge in [-0.3, -0.25) is 9.89 Å². The first-order valence-corrected chi connectivity index (χ1v) is 5.48. The van der Waals surface area contributed by atoms with Crippen molar-refractivity contribution in [3.63, 3.8) is 0 Å². The van der Waals surface area contributed by atoms with Crippen LogP contribution in [0, 0.1) is 6.92 Å². The lowest BCUT2D eigenvalue weighted by Crippen LogP contribution is -2.23. The molecule has 2 heterocycles. The number of pyridine rings is 1. The summed E-state index contributed by atoms with van der Waals surface area (Å²) in [6, 6.07) is 3.60. The van der Waals surface area contributed by atoms with Crippen LogP contribution in [0.4, 0.5) is 0 Å². The molecule has 0 saturated carbocycles. The molecule has 0 unspecified atom stereocenters. The Morgan fingerprint density at radius 2 is 2.39 bits per heavy atom. The molecule has 0 aliphatic heterocycles. The lowest BCUT2D eigenvalue weighted by Gasteiger charge is -2.05. The predicted octanol–water partition coefficient (Wildman–Crippen LogP) is 1.05. The van der Waals surface area contributed by atoms with Gasteiger partial charge >= 0.3 is 0 Å². The van der Waals surface area contributed by atoms with Crippen LogP contribution < -0.4 is 10.1 Å². The summed E-state index contributed by atoms with van der Waals surface area (Å²) in [5, 5.41) is 9.35. The molecule has 2 rings (SSSR count). The third-order valence-corrected chi connectivity index (χ3v) is 2.54. The number of H-pyrrole nitrogens is 1. The molecule has 0 aliphatic rings. The molecule has 2 aromatic rings. The van der Waals surface area contributed by atoms with Gasteiger partial charge in [0.2, 0.25) is 5.88 Å². The van der Waals surface area contributed by atoms with Crippen LogP contribution in [0.5, 0.6) is 5.88 Å². The summed E-state index contributed by atoms with van der Waals surface area (Å²) >= 11 is 0. The Kier molecular flexibility index (Phi) is 3.57. The van der Waals surface area contributed by atoms with E-state index in [1.165, 1.54) is 6.20 Å². The normalized spacial score (nSPS) is 10.1. The molecular formula is C12H14N4O2. The van der Waals surface area contributed by atoms with Crippen LogP contribution in [-0.2, 0) is 6.54 Å². The monoisotopic (exact) mass is 246 g/mol. The molecule has 0 saturated heterocycles. The second-order valence-corrected chi connectivity index (χ2v) is 3.80. The van der Waals surface area contributed by atoms with Gasteiger partial charge in [0.05, 0.1) is 18.9 Å². The second-order valence-electron chi connectivity index (χ2n) is 3.80. The Morgan fingerprint density at radius 3 is 3.06 bits per heavy atom. The number of nitrogens with zero attached hydrogens (tertiary/aromatic N) is 2.